The van der Waals surface area contributed by atoms with Crippen molar-refractivity contribution in [3.8, 4) is 23.0 Å². The number of hydrogen-bond donors (Lipinski definition) is 2. The van der Waals surface area contributed by atoms with Crippen LogP contribution in [0.15, 0.2) is 78.9 Å². The molecule has 0 aliphatic carbocycles. The number of nitrogens with two attached hydrogens (primary N) is 2. The Morgan fingerprint density at radius 2 is 1.24 bits per heavy atom. The smallest absolute Gasteiger partial charge is 0.170 e. The third-order valence-corrected chi connectivity index (χ3v) is 3.59. The minimum atomic E-state index is -0.242. The molecular weight excluding hydrogens is 336 g/mol. The normalized spacial score (nSPS) is 11.3. The minimum Gasteiger partial charge on any atom is -0.453 e. The summed E-state index contributed by atoms with van der Waals surface area (Å²) >= 11 is 0. The molecule has 1 atom stereocenters. The highest BCUT2D eigenvalue weighted by atomic mass is 35.5. The molecule has 4 N–H and O–H groups in total. The molecule has 0 unspecified atom stereocenters. The number of benzene rings is 3. The Bertz CT molecular complexity index is 782. The van der Waals surface area contributed by atoms with Crippen molar-refractivity contribution in [2.75, 3.05) is 6.54 Å². The van der Waals surface area contributed by atoms with Gasteiger partial charge in [-0.25, -0.2) is 0 Å². The van der Waals surface area contributed by atoms with Gasteiger partial charge in [0.1, 0.15) is 11.5 Å². The molecule has 0 saturated carbocycles. The summed E-state index contributed by atoms with van der Waals surface area (Å²) in [5, 5.41) is 0. The maximum atomic E-state index is 6.04. The summed E-state index contributed by atoms with van der Waals surface area (Å²) < 4.78 is 11.9. The lowest BCUT2D eigenvalue weighted by atomic mass is 10.1. The van der Waals surface area contributed by atoms with Gasteiger partial charge < -0.3 is 20.9 Å². The first-order valence-corrected chi connectivity index (χ1v) is 7.81. The zero-order chi connectivity index (χ0) is 16.8. The molecule has 3 rings (SSSR count). The Morgan fingerprint density at radius 3 is 1.76 bits per heavy atom. The average Bonchev–Trinajstić information content (AvgIpc) is 2.64. The predicted molar refractivity (Wildman–Crippen MR) is 103 cm³/mol. The van der Waals surface area contributed by atoms with Crippen molar-refractivity contribution in [2.45, 2.75) is 6.04 Å². The van der Waals surface area contributed by atoms with Gasteiger partial charge in [-0.3, -0.25) is 0 Å². The van der Waals surface area contributed by atoms with Crippen LogP contribution in [0.25, 0.3) is 0 Å². The lowest BCUT2D eigenvalue weighted by Crippen LogP contribution is -2.20. The second-order valence-electron chi connectivity index (χ2n) is 5.38. The van der Waals surface area contributed by atoms with E-state index in [0.29, 0.717) is 18.0 Å². The van der Waals surface area contributed by atoms with Crippen molar-refractivity contribution < 1.29 is 9.47 Å². The van der Waals surface area contributed by atoms with E-state index in [4.69, 9.17) is 20.9 Å². The quantitative estimate of drug-likeness (QED) is 0.674. The number of rotatable bonds is 6. The van der Waals surface area contributed by atoms with Crippen LogP contribution in [0.3, 0.4) is 0 Å². The number of ether oxygens (including phenoxy) is 2. The van der Waals surface area contributed by atoms with E-state index >= 15 is 0 Å². The highest BCUT2D eigenvalue weighted by molar-refractivity contribution is 5.85. The van der Waals surface area contributed by atoms with E-state index in [9.17, 15) is 0 Å². The van der Waals surface area contributed by atoms with Gasteiger partial charge in [0.15, 0.2) is 11.5 Å². The van der Waals surface area contributed by atoms with Gasteiger partial charge in [0.2, 0.25) is 0 Å². The second kappa shape index (κ2) is 9.08. The van der Waals surface area contributed by atoms with E-state index in [1.165, 1.54) is 0 Å². The van der Waals surface area contributed by atoms with E-state index in [-0.39, 0.29) is 18.4 Å². The van der Waals surface area contributed by atoms with Crippen LogP contribution in [0.5, 0.6) is 23.0 Å². The fourth-order valence-electron chi connectivity index (χ4n) is 2.29. The maximum Gasteiger partial charge on any atom is 0.170 e. The molecule has 4 nitrogen and oxygen atoms in total. The first-order chi connectivity index (χ1) is 11.8. The predicted octanol–water partition coefficient (Wildman–Crippen LogP) is 4.65. The van der Waals surface area contributed by atoms with Gasteiger partial charge in [0.05, 0.1) is 0 Å². The minimum absolute atomic E-state index is 0. The molecule has 0 radical (unpaired) electrons. The summed E-state index contributed by atoms with van der Waals surface area (Å²) in [6.07, 6.45) is 0. The third kappa shape index (κ3) is 4.97. The van der Waals surface area contributed by atoms with E-state index in [1.54, 1.807) is 0 Å². The fraction of sp³-hybridized carbons (Fsp3) is 0.100. The molecule has 0 saturated heterocycles. The van der Waals surface area contributed by atoms with E-state index in [0.717, 1.165) is 17.1 Å². The molecule has 25 heavy (non-hydrogen) atoms. The standard InChI is InChI=1S/C20H20N2O2.ClH/c21-14-18(22)15-11-12-19(23-16-7-3-1-4-8-16)20(13-15)24-17-9-5-2-6-10-17;/h1-13,18H,14,21-22H2;1H/t18-;/m0./s1. The Labute approximate surface area is 153 Å². The molecule has 0 heterocycles. The van der Waals surface area contributed by atoms with E-state index in [1.807, 2.05) is 78.9 Å². The van der Waals surface area contributed by atoms with Crippen LogP contribution in [0.2, 0.25) is 0 Å². The van der Waals surface area contributed by atoms with Crippen molar-refractivity contribution in [1.82, 2.24) is 0 Å². The Hall–Kier alpha value is -2.53. The van der Waals surface area contributed by atoms with Crippen molar-refractivity contribution in [2.24, 2.45) is 11.5 Å². The van der Waals surface area contributed by atoms with Crippen molar-refractivity contribution in [3.63, 3.8) is 0 Å². The molecule has 0 aliphatic heterocycles. The largest absolute Gasteiger partial charge is 0.453 e. The fourth-order valence-corrected chi connectivity index (χ4v) is 2.29. The van der Waals surface area contributed by atoms with Crippen LogP contribution in [-0.4, -0.2) is 6.54 Å². The molecular formula is C20H21ClN2O2. The molecule has 5 heteroatoms. The maximum absolute atomic E-state index is 6.04. The van der Waals surface area contributed by atoms with Crippen LogP contribution in [0.1, 0.15) is 11.6 Å². The Kier molecular flexibility index (Phi) is 6.83. The molecule has 130 valence electrons. The molecule has 0 fully saturated rings. The van der Waals surface area contributed by atoms with E-state index < -0.39 is 0 Å². The molecule has 0 spiro atoms. The van der Waals surface area contributed by atoms with Crippen LogP contribution >= 0.6 is 12.4 Å². The summed E-state index contributed by atoms with van der Waals surface area (Å²) in [5.41, 5.74) is 12.6. The highest BCUT2D eigenvalue weighted by Gasteiger charge is 2.12. The third-order valence-electron chi connectivity index (χ3n) is 3.59. The summed E-state index contributed by atoms with van der Waals surface area (Å²) in [6, 6.07) is 24.5. The SMILES string of the molecule is Cl.NC[C@H](N)c1ccc(Oc2ccccc2)c(Oc2ccccc2)c1. The van der Waals surface area contributed by atoms with Gasteiger partial charge in [-0.2, -0.15) is 0 Å². The zero-order valence-corrected chi connectivity index (χ0v) is 14.5. The Morgan fingerprint density at radius 1 is 0.720 bits per heavy atom. The summed E-state index contributed by atoms with van der Waals surface area (Å²) in [6.45, 7) is 0.365. The Balaban J connectivity index is 0.00000225. The van der Waals surface area contributed by atoms with Crippen LogP contribution < -0.4 is 20.9 Å². The summed E-state index contributed by atoms with van der Waals surface area (Å²) in [4.78, 5) is 0. The molecule has 3 aromatic carbocycles. The summed E-state index contributed by atoms with van der Waals surface area (Å²) in [5.74, 6) is 2.70. The number of para-hydroxylation sites is 2. The molecule has 0 amide bonds. The monoisotopic (exact) mass is 356 g/mol. The van der Waals surface area contributed by atoms with Crippen molar-refractivity contribution in [3.05, 3.63) is 84.4 Å². The second-order valence-corrected chi connectivity index (χ2v) is 5.38. The number of hydrogen-bond acceptors (Lipinski definition) is 4. The van der Waals surface area contributed by atoms with Gasteiger partial charge in [-0.15, -0.1) is 12.4 Å². The van der Waals surface area contributed by atoms with Crippen LogP contribution in [-0.2, 0) is 0 Å². The first kappa shape index (κ1) is 18.8. The van der Waals surface area contributed by atoms with Gasteiger partial charge in [-0.1, -0.05) is 42.5 Å². The van der Waals surface area contributed by atoms with Crippen LogP contribution in [0, 0.1) is 0 Å². The molecule has 0 bridgehead atoms. The van der Waals surface area contributed by atoms with Gasteiger partial charge >= 0.3 is 0 Å². The van der Waals surface area contributed by atoms with Gasteiger partial charge in [0.25, 0.3) is 0 Å². The van der Waals surface area contributed by atoms with Crippen molar-refractivity contribution >= 4 is 12.4 Å². The van der Waals surface area contributed by atoms with Crippen molar-refractivity contribution in [1.29, 1.82) is 0 Å². The van der Waals surface area contributed by atoms with Gasteiger partial charge in [0, 0.05) is 12.6 Å². The molecule has 3 aromatic rings. The lowest BCUT2D eigenvalue weighted by Gasteiger charge is -2.16. The molecule has 0 aliphatic rings. The highest BCUT2D eigenvalue weighted by Crippen LogP contribution is 2.36. The lowest BCUT2D eigenvalue weighted by molar-refractivity contribution is 0.417. The zero-order valence-electron chi connectivity index (χ0n) is 13.7. The first-order valence-electron chi connectivity index (χ1n) is 7.81. The molecule has 0 aromatic heterocycles. The van der Waals surface area contributed by atoms with E-state index in [2.05, 4.69) is 0 Å². The van der Waals surface area contributed by atoms with Gasteiger partial charge in [-0.05, 0) is 42.0 Å². The van der Waals surface area contributed by atoms with Crippen LogP contribution in [0.4, 0.5) is 0 Å². The average molecular weight is 357 g/mol. The summed E-state index contributed by atoms with van der Waals surface area (Å²) in [7, 11) is 0. The number of halogens is 1. The topological polar surface area (TPSA) is 70.5 Å².